The van der Waals surface area contributed by atoms with Gasteiger partial charge in [-0.05, 0) is 117 Å². The van der Waals surface area contributed by atoms with Crippen LogP contribution in [-0.2, 0) is 0 Å². The number of aryl methyl sites for hydroxylation is 1. The molecule has 7 heteroatoms. The summed E-state index contributed by atoms with van der Waals surface area (Å²) in [5.41, 5.74) is 15.0. The first-order chi connectivity index (χ1) is 45.5. The Morgan fingerprint density at radius 1 is 0.272 bits per heavy atom. The molecule has 432 valence electrons. The standard InChI is InChI=1S/C66H40N2O3.C19H11ClO/c1-5-18-41(19-6-1)48-26-13-28-50-52-30-15-33-55(65(52)70-63(48)50)67(45-22-9-3-10-23-45)47-38-43-36-37-44-39-57(54-32-17-35-58-62(54)61(44)60(43)59(40-47)69-58)68(46-24-11-4-12-25-46)56-34-16-31-53-51-29-14-27-49(64(51)71-66(53)56)42-20-7-2-8-21-42;1-10-7-11-5-6-12-8-13(20)9-16-17(12)18(11)19-14(10)3-2-4-15(19)21-16/h1-40H;2-9H,1H3. The number of hydrogen-bond acceptors (Lipinski definition) is 6. The highest BCUT2D eigenvalue weighted by atomic mass is 35.5. The van der Waals surface area contributed by atoms with Crippen LogP contribution in [0.4, 0.5) is 34.1 Å². The van der Waals surface area contributed by atoms with Crippen molar-refractivity contribution in [2.75, 3.05) is 9.80 Å². The Morgan fingerprint density at radius 3 is 1.26 bits per heavy atom. The minimum atomic E-state index is 0.708. The van der Waals surface area contributed by atoms with E-state index in [4.69, 9.17) is 29.9 Å². The van der Waals surface area contributed by atoms with Crippen LogP contribution in [0, 0.1) is 6.92 Å². The van der Waals surface area contributed by atoms with Crippen LogP contribution in [0.25, 0.3) is 131 Å². The summed E-state index contributed by atoms with van der Waals surface area (Å²) >= 11 is 6.22. The molecule has 4 heterocycles. The molecule has 0 unspecified atom stereocenters. The van der Waals surface area contributed by atoms with Crippen LogP contribution in [0.5, 0.6) is 23.0 Å². The van der Waals surface area contributed by atoms with Crippen molar-refractivity contribution >= 4 is 154 Å². The molecule has 92 heavy (non-hydrogen) atoms. The van der Waals surface area contributed by atoms with Crippen molar-refractivity contribution in [3.8, 4) is 45.3 Å². The molecular formula is C85H51ClN2O4. The fraction of sp³-hybridized carbons (Fsp3) is 0.0118. The van der Waals surface area contributed by atoms with Gasteiger partial charge in [-0.25, -0.2) is 0 Å². The zero-order valence-corrected chi connectivity index (χ0v) is 50.4. The van der Waals surface area contributed by atoms with Crippen LogP contribution in [0.2, 0.25) is 5.02 Å². The Balaban J connectivity index is 0.000000242. The van der Waals surface area contributed by atoms with Crippen molar-refractivity contribution in [3.05, 3.63) is 302 Å². The highest BCUT2D eigenvalue weighted by Gasteiger charge is 2.29. The van der Waals surface area contributed by atoms with E-state index >= 15 is 0 Å². The number of hydrogen-bond donors (Lipinski definition) is 0. The molecule has 0 atom stereocenters. The highest BCUT2D eigenvalue weighted by molar-refractivity contribution is 6.34. The molecular weight excluding hydrogens is 1150 g/mol. The van der Waals surface area contributed by atoms with E-state index in [1.807, 2.05) is 30.3 Å². The number of benzene rings is 16. The third-order valence-corrected chi connectivity index (χ3v) is 18.9. The van der Waals surface area contributed by atoms with Crippen LogP contribution in [0.15, 0.2) is 300 Å². The van der Waals surface area contributed by atoms with E-state index in [0.717, 1.165) is 156 Å². The molecule has 0 spiro atoms. The van der Waals surface area contributed by atoms with Gasteiger partial charge < -0.3 is 28.1 Å². The second-order valence-electron chi connectivity index (χ2n) is 24.0. The molecule has 0 fully saturated rings. The third-order valence-electron chi connectivity index (χ3n) is 18.7. The molecule has 2 aliphatic rings. The van der Waals surface area contributed by atoms with Gasteiger partial charge in [0.25, 0.3) is 0 Å². The lowest BCUT2D eigenvalue weighted by atomic mass is 9.91. The van der Waals surface area contributed by atoms with Gasteiger partial charge in [0.2, 0.25) is 0 Å². The fourth-order valence-electron chi connectivity index (χ4n) is 14.8. The summed E-state index contributed by atoms with van der Waals surface area (Å²) in [6.45, 7) is 2.15. The SMILES string of the molecule is Cc1cc2ccc3cc(Cl)cc4c3c2c2c(cccc12)O4.c1ccc(-c2cccc3c2oc2c(N(c4ccccc4)c4cc5c6c(ccc7cc(N(c8ccccc8)c8cccc9c8oc8c(-c%10ccccc%10)cccc89)c8cccc(c8c76)O5)c4)cccc23)cc1. The first kappa shape index (κ1) is 52.1. The first-order valence-corrected chi connectivity index (χ1v) is 31.4. The van der Waals surface area contributed by atoms with Crippen LogP contribution in [0.1, 0.15) is 5.56 Å². The van der Waals surface area contributed by atoms with Gasteiger partial charge in [0.15, 0.2) is 11.2 Å². The quantitative estimate of drug-likeness (QED) is 0.141. The monoisotopic (exact) mass is 1200 g/mol. The zero-order valence-electron chi connectivity index (χ0n) is 49.6. The molecule has 0 radical (unpaired) electrons. The Morgan fingerprint density at radius 2 is 0.696 bits per heavy atom. The van der Waals surface area contributed by atoms with E-state index in [1.165, 1.54) is 37.9 Å². The highest BCUT2D eigenvalue weighted by Crippen LogP contribution is 2.55. The average Bonchev–Trinajstić information content (AvgIpc) is 0.905. The zero-order chi connectivity index (χ0) is 60.7. The van der Waals surface area contributed by atoms with Crippen molar-refractivity contribution in [3.63, 3.8) is 0 Å². The van der Waals surface area contributed by atoms with Gasteiger partial charge in [-0.3, -0.25) is 0 Å². The van der Waals surface area contributed by atoms with Crippen molar-refractivity contribution in [1.82, 2.24) is 0 Å². The molecule has 0 saturated heterocycles. The molecule has 0 saturated carbocycles. The fourth-order valence-corrected chi connectivity index (χ4v) is 15.0. The summed E-state index contributed by atoms with van der Waals surface area (Å²) in [6, 6.07) is 102. The number of halogens is 1. The van der Waals surface area contributed by atoms with Crippen molar-refractivity contribution in [2.24, 2.45) is 0 Å². The Bertz CT molecular complexity index is 6100. The van der Waals surface area contributed by atoms with E-state index in [-0.39, 0.29) is 0 Å². The van der Waals surface area contributed by atoms with E-state index < -0.39 is 0 Å². The molecule has 2 aromatic heterocycles. The molecule has 0 N–H and O–H groups in total. The number of para-hydroxylation sites is 6. The maximum absolute atomic E-state index is 7.17. The van der Waals surface area contributed by atoms with E-state index in [9.17, 15) is 0 Å². The molecule has 20 rings (SSSR count). The van der Waals surface area contributed by atoms with Crippen LogP contribution < -0.4 is 19.3 Å². The van der Waals surface area contributed by atoms with Crippen molar-refractivity contribution in [1.29, 1.82) is 0 Å². The van der Waals surface area contributed by atoms with Gasteiger partial charge in [0.05, 0.1) is 22.7 Å². The maximum atomic E-state index is 7.17. The van der Waals surface area contributed by atoms with Gasteiger partial charge >= 0.3 is 0 Å². The smallest absolute Gasteiger partial charge is 0.159 e. The van der Waals surface area contributed by atoms with Crippen LogP contribution >= 0.6 is 11.6 Å². The predicted octanol–water partition coefficient (Wildman–Crippen LogP) is 25.5. The molecule has 6 nitrogen and oxygen atoms in total. The average molecular weight is 1200 g/mol. The van der Waals surface area contributed by atoms with Crippen LogP contribution in [-0.4, -0.2) is 0 Å². The lowest BCUT2D eigenvalue weighted by Gasteiger charge is -2.30. The number of anilines is 6. The molecule has 16 aromatic carbocycles. The van der Waals surface area contributed by atoms with Gasteiger partial charge in [-0.1, -0.05) is 224 Å². The first-order valence-electron chi connectivity index (χ1n) is 31.1. The van der Waals surface area contributed by atoms with E-state index in [0.29, 0.717) is 5.02 Å². The summed E-state index contributed by atoms with van der Waals surface area (Å²) < 4.78 is 27.4. The minimum Gasteiger partial charge on any atom is -0.456 e. The molecule has 18 aromatic rings. The minimum absolute atomic E-state index is 0.708. The van der Waals surface area contributed by atoms with E-state index in [1.54, 1.807) is 0 Å². The lowest BCUT2D eigenvalue weighted by Crippen LogP contribution is -2.12. The summed E-state index contributed by atoms with van der Waals surface area (Å²) in [5.74, 6) is 3.39. The van der Waals surface area contributed by atoms with Gasteiger partial charge in [-0.15, -0.1) is 0 Å². The number of furan rings is 2. The number of nitrogens with zero attached hydrogens (tertiary/aromatic N) is 2. The normalized spacial score (nSPS) is 12.2. The van der Waals surface area contributed by atoms with E-state index in [2.05, 4.69) is 278 Å². The summed E-state index contributed by atoms with van der Waals surface area (Å²) in [7, 11) is 0. The van der Waals surface area contributed by atoms with Gasteiger partial charge in [0.1, 0.15) is 34.2 Å². The van der Waals surface area contributed by atoms with Crippen molar-refractivity contribution < 1.29 is 18.3 Å². The molecule has 0 amide bonds. The Labute approximate surface area is 533 Å². The largest absolute Gasteiger partial charge is 0.456 e. The number of fused-ring (bicyclic) bond motifs is 6. The van der Waals surface area contributed by atoms with Gasteiger partial charge in [-0.2, -0.15) is 0 Å². The lowest BCUT2D eigenvalue weighted by molar-refractivity contribution is 0.492. The summed E-state index contributed by atoms with van der Waals surface area (Å²) in [4.78, 5) is 4.66. The van der Waals surface area contributed by atoms with Crippen LogP contribution in [0.3, 0.4) is 0 Å². The number of rotatable bonds is 8. The predicted molar refractivity (Wildman–Crippen MR) is 383 cm³/mol. The van der Waals surface area contributed by atoms with Gasteiger partial charge in [0, 0.05) is 98.9 Å². The molecule has 0 bridgehead atoms. The Hall–Kier alpha value is -11.8. The number of ether oxygens (including phenoxy) is 2. The second-order valence-corrected chi connectivity index (χ2v) is 24.4. The summed E-state index contributed by atoms with van der Waals surface area (Å²) in [6.07, 6.45) is 0. The maximum Gasteiger partial charge on any atom is 0.159 e. The summed E-state index contributed by atoms with van der Waals surface area (Å²) in [5, 5.41) is 18.9. The topological polar surface area (TPSA) is 51.2 Å². The second kappa shape index (κ2) is 20.4. The van der Waals surface area contributed by atoms with Crippen molar-refractivity contribution in [2.45, 2.75) is 6.92 Å². The molecule has 2 aliphatic heterocycles. The third kappa shape index (κ3) is 7.94. The molecule has 0 aliphatic carbocycles. The Kier molecular flexibility index (Phi) is 11.5.